The molecule has 0 radical (unpaired) electrons. The van der Waals surface area contributed by atoms with Crippen LogP contribution in [0.3, 0.4) is 0 Å². The second kappa shape index (κ2) is 9.28. The summed E-state index contributed by atoms with van der Waals surface area (Å²) in [7, 11) is 1.59. The van der Waals surface area contributed by atoms with Gasteiger partial charge in [0.25, 0.3) is 0 Å². The lowest BCUT2D eigenvalue weighted by Crippen LogP contribution is -2.43. The number of Topliss-reactive ketones (excluding diaryl/α,β-unsaturated/α-hetero) is 1. The normalized spacial score (nSPS) is 19.9. The standard InChI is InChI=1S/C25H25N3O5/c1-14(29)26-17-5-7-18(8-6-17)27-25(32)20-13-23(31)28-21-11-16(12-22(30)24(20)21)15-3-9-19(33-2)10-4-15/h3-10,16,20H,11-13H2,1-2H3,(H,26,29)(H,27,32)(H,28,31)/t16-,20+/m1/s1. The van der Waals surface area contributed by atoms with E-state index in [1.54, 1.807) is 31.4 Å². The van der Waals surface area contributed by atoms with Crippen molar-refractivity contribution < 1.29 is 23.9 Å². The van der Waals surface area contributed by atoms with Crippen LogP contribution in [0.1, 0.15) is 37.7 Å². The number of rotatable bonds is 5. The molecule has 0 saturated heterocycles. The smallest absolute Gasteiger partial charge is 0.232 e. The van der Waals surface area contributed by atoms with Gasteiger partial charge in [0, 0.05) is 42.4 Å². The summed E-state index contributed by atoms with van der Waals surface area (Å²) in [4.78, 5) is 49.7. The van der Waals surface area contributed by atoms with Crippen LogP contribution < -0.4 is 20.7 Å². The van der Waals surface area contributed by atoms with E-state index < -0.39 is 11.8 Å². The maximum absolute atomic E-state index is 13.1. The van der Waals surface area contributed by atoms with Gasteiger partial charge in [-0.3, -0.25) is 19.2 Å². The van der Waals surface area contributed by atoms with E-state index in [9.17, 15) is 19.2 Å². The fourth-order valence-electron chi connectivity index (χ4n) is 4.37. The summed E-state index contributed by atoms with van der Waals surface area (Å²) in [6.07, 6.45) is 0.679. The maximum Gasteiger partial charge on any atom is 0.232 e. The maximum atomic E-state index is 13.1. The first-order chi connectivity index (χ1) is 15.8. The molecule has 0 fully saturated rings. The number of ether oxygens (including phenoxy) is 1. The molecule has 3 amide bonds. The van der Waals surface area contributed by atoms with E-state index in [2.05, 4.69) is 16.0 Å². The molecule has 170 valence electrons. The molecule has 0 spiro atoms. The van der Waals surface area contributed by atoms with Crippen molar-refractivity contribution in [3.8, 4) is 5.75 Å². The third-order valence-electron chi connectivity index (χ3n) is 5.91. The summed E-state index contributed by atoms with van der Waals surface area (Å²) in [6.45, 7) is 1.41. The molecule has 1 aliphatic heterocycles. The summed E-state index contributed by atoms with van der Waals surface area (Å²) in [5.41, 5.74) is 3.03. The van der Waals surface area contributed by atoms with E-state index in [-0.39, 0.29) is 36.4 Å². The molecule has 8 nitrogen and oxygen atoms in total. The lowest BCUT2D eigenvalue weighted by molar-refractivity contribution is -0.129. The first-order valence-electron chi connectivity index (χ1n) is 10.7. The predicted octanol–water partition coefficient (Wildman–Crippen LogP) is 3.13. The quantitative estimate of drug-likeness (QED) is 0.652. The van der Waals surface area contributed by atoms with Crippen LogP contribution in [0, 0.1) is 5.92 Å². The number of hydrogen-bond donors (Lipinski definition) is 3. The summed E-state index contributed by atoms with van der Waals surface area (Å²) in [6, 6.07) is 14.2. The lowest BCUT2D eigenvalue weighted by atomic mass is 9.75. The molecule has 8 heteroatoms. The Labute approximate surface area is 191 Å². The van der Waals surface area contributed by atoms with Crippen LogP contribution in [0.15, 0.2) is 59.8 Å². The average molecular weight is 447 g/mol. The Bertz CT molecular complexity index is 1140. The van der Waals surface area contributed by atoms with Crippen LogP contribution in [0.5, 0.6) is 5.75 Å². The number of methoxy groups -OCH3 is 1. The Morgan fingerprint density at radius 1 is 0.909 bits per heavy atom. The highest BCUT2D eigenvalue weighted by Crippen LogP contribution is 2.39. The number of anilines is 2. The van der Waals surface area contributed by atoms with Crippen molar-refractivity contribution in [3.05, 3.63) is 65.4 Å². The van der Waals surface area contributed by atoms with Gasteiger partial charge in [-0.2, -0.15) is 0 Å². The molecule has 4 rings (SSSR count). The number of allylic oxidation sites excluding steroid dienone is 1. The molecule has 2 atom stereocenters. The van der Waals surface area contributed by atoms with Gasteiger partial charge in [-0.25, -0.2) is 0 Å². The van der Waals surface area contributed by atoms with Crippen molar-refractivity contribution in [1.29, 1.82) is 0 Å². The number of amides is 3. The molecular weight excluding hydrogens is 422 g/mol. The van der Waals surface area contributed by atoms with Gasteiger partial charge in [0.1, 0.15) is 5.75 Å². The van der Waals surface area contributed by atoms with Gasteiger partial charge in [-0.1, -0.05) is 12.1 Å². The van der Waals surface area contributed by atoms with E-state index in [4.69, 9.17) is 4.74 Å². The molecule has 2 aromatic rings. The monoisotopic (exact) mass is 447 g/mol. The first-order valence-corrected chi connectivity index (χ1v) is 10.7. The number of hydrogen-bond acceptors (Lipinski definition) is 5. The molecule has 3 N–H and O–H groups in total. The van der Waals surface area contributed by atoms with Crippen LogP contribution in [0.4, 0.5) is 11.4 Å². The highest BCUT2D eigenvalue weighted by atomic mass is 16.5. The third kappa shape index (κ3) is 4.95. The molecule has 1 aliphatic carbocycles. The Kier molecular flexibility index (Phi) is 6.26. The Balaban J connectivity index is 1.53. The van der Waals surface area contributed by atoms with Crippen molar-refractivity contribution >= 4 is 34.9 Å². The Morgan fingerprint density at radius 3 is 2.15 bits per heavy atom. The van der Waals surface area contributed by atoms with Gasteiger partial charge in [-0.15, -0.1) is 0 Å². The van der Waals surface area contributed by atoms with Gasteiger partial charge in [0.2, 0.25) is 17.7 Å². The van der Waals surface area contributed by atoms with E-state index in [0.29, 0.717) is 29.1 Å². The molecule has 0 bridgehead atoms. The minimum absolute atomic E-state index is 0.0758. The van der Waals surface area contributed by atoms with Crippen molar-refractivity contribution in [1.82, 2.24) is 5.32 Å². The molecule has 2 aliphatic rings. The van der Waals surface area contributed by atoms with E-state index in [0.717, 1.165) is 11.3 Å². The lowest BCUT2D eigenvalue weighted by Gasteiger charge is -2.33. The summed E-state index contributed by atoms with van der Waals surface area (Å²) in [5, 5.41) is 8.27. The molecule has 2 aromatic carbocycles. The average Bonchev–Trinajstić information content (AvgIpc) is 2.79. The molecule has 33 heavy (non-hydrogen) atoms. The number of ketones is 1. The topological polar surface area (TPSA) is 114 Å². The SMILES string of the molecule is COc1ccc([C@H]2CC(=O)C3=C(C2)NC(=O)C[C@@H]3C(=O)Nc2ccc(NC(C)=O)cc2)cc1. The van der Waals surface area contributed by atoms with Crippen LogP contribution in [0.2, 0.25) is 0 Å². The van der Waals surface area contributed by atoms with Gasteiger partial charge in [0.05, 0.1) is 13.0 Å². The van der Waals surface area contributed by atoms with Gasteiger partial charge in [0.15, 0.2) is 5.78 Å². The zero-order valence-electron chi connectivity index (χ0n) is 18.4. The van der Waals surface area contributed by atoms with E-state index >= 15 is 0 Å². The van der Waals surface area contributed by atoms with Gasteiger partial charge in [-0.05, 0) is 54.3 Å². The van der Waals surface area contributed by atoms with Gasteiger partial charge >= 0.3 is 0 Å². The van der Waals surface area contributed by atoms with Crippen LogP contribution in [0.25, 0.3) is 0 Å². The fraction of sp³-hybridized carbons (Fsp3) is 0.280. The summed E-state index contributed by atoms with van der Waals surface area (Å²) < 4.78 is 5.19. The summed E-state index contributed by atoms with van der Waals surface area (Å²) >= 11 is 0. The number of carbonyl (C=O) groups is 4. The molecule has 0 aromatic heterocycles. The fourth-order valence-corrected chi connectivity index (χ4v) is 4.37. The zero-order chi connectivity index (χ0) is 23.5. The largest absolute Gasteiger partial charge is 0.497 e. The second-order valence-corrected chi connectivity index (χ2v) is 8.25. The third-order valence-corrected chi connectivity index (χ3v) is 5.91. The van der Waals surface area contributed by atoms with Crippen molar-refractivity contribution in [2.24, 2.45) is 5.92 Å². The summed E-state index contributed by atoms with van der Waals surface area (Å²) in [5.74, 6) is -1.19. The minimum atomic E-state index is -0.840. The molecular formula is C25H25N3O5. The zero-order valence-corrected chi connectivity index (χ0v) is 18.4. The minimum Gasteiger partial charge on any atom is -0.497 e. The Hall–Kier alpha value is -3.94. The predicted molar refractivity (Wildman–Crippen MR) is 123 cm³/mol. The highest BCUT2D eigenvalue weighted by Gasteiger charge is 2.40. The number of benzene rings is 2. The number of carbonyl (C=O) groups excluding carboxylic acids is 4. The van der Waals surface area contributed by atoms with Crippen LogP contribution in [-0.4, -0.2) is 30.6 Å². The molecule has 0 saturated carbocycles. The van der Waals surface area contributed by atoms with E-state index in [1.165, 1.54) is 6.92 Å². The van der Waals surface area contributed by atoms with Crippen molar-refractivity contribution in [3.63, 3.8) is 0 Å². The van der Waals surface area contributed by atoms with Crippen molar-refractivity contribution in [2.75, 3.05) is 17.7 Å². The first kappa shape index (κ1) is 22.3. The molecule has 1 heterocycles. The number of nitrogens with one attached hydrogen (secondary N) is 3. The highest BCUT2D eigenvalue weighted by molar-refractivity contribution is 6.09. The van der Waals surface area contributed by atoms with Crippen LogP contribution >= 0.6 is 0 Å². The van der Waals surface area contributed by atoms with Crippen LogP contribution in [-0.2, 0) is 19.2 Å². The van der Waals surface area contributed by atoms with E-state index in [1.807, 2.05) is 24.3 Å². The Morgan fingerprint density at radius 2 is 1.55 bits per heavy atom. The molecule has 0 unspecified atom stereocenters. The van der Waals surface area contributed by atoms with Crippen molar-refractivity contribution in [2.45, 2.75) is 32.1 Å². The second-order valence-electron chi connectivity index (χ2n) is 8.25. The van der Waals surface area contributed by atoms with Gasteiger partial charge < -0.3 is 20.7 Å².